The summed E-state index contributed by atoms with van der Waals surface area (Å²) in [6.07, 6.45) is 0. The van der Waals surface area contributed by atoms with Crippen molar-refractivity contribution in [1.29, 1.82) is 0 Å². The molecule has 0 aliphatic carbocycles. The molecule has 1 amide bonds. The molecule has 3 aromatic rings. The number of hydrazone groups is 1. The molecule has 0 atom stereocenters. The fourth-order valence-electron chi connectivity index (χ4n) is 2.95. The van der Waals surface area contributed by atoms with E-state index in [1.807, 2.05) is 81.4 Å². The molecule has 0 fully saturated rings. The lowest BCUT2D eigenvalue weighted by molar-refractivity contribution is 0.0954. The molecule has 2 aromatic carbocycles. The van der Waals surface area contributed by atoms with E-state index in [-0.39, 0.29) is 5.91 Å². The monoisotopic (exact) mass is 346 g/mol. The highest BCUT2D eigenvalue weighted by atomic mass is 16.2. The van der Waals surface area contributed by atoms with Crippen LogP contribution in [0.5, 0.6) is 0 Å². The van der Waals surface area contributed by atoms with E-state index in [0.717, 1.165) is 28.4 Å². The van der Waals surface area contributed by atoms with Gasteiger partial charge in [-0.05, 0) is 56.7 Å². The van der Waals surface area contributed by atoms with Crippen LogP contribution in [0.4, 0.5) is 5.69 Å². The number of benzene rings is 2. The second-order valence-corrected chi connectivity index (χ2v) is 6.22. The molecule has 132 valence electrons. The molecule has 1 aromatic heterocycles. The number of aromatic nitrogens is 1. The second-order valence-electron chi connectivity index (χ2n) is 6.22. The van der Waals surface area contributed by atoms with Crippen LogP contribution in [0.3, 0.4) is 0 Å². The van der Waals surface area contributed by atoms with Crippen LogP contribution in [0, 0.1) is 13.8 Å². The summed E-state index contributed by atoms with van der Waals surface area (Å²) in [5.74, 6) is -0.227. The van der Waals surface area contributed by atoms with Gasteiger partial charge in [0.2, 0.25) is 0 Å². The molecule has 0 aliphatic rings. The van der Waals surface area contributed by atoms with Crippen molar-refractivity contribution in [2.24, 2.45) is 5.10 Å². The van der Waals surface area contributed by atoms with E-state index in [1.54, 1.807) is 0 Å². The quantitative estimate of drug-likeness (QED) is 0.428. The number of nitrogens with two attached hydrogens (primary N) is 1. The van der Waals surface area contributed by atoms with Gasteiger partial charge in [0.25, 0.3) is 5.91 Å². The number of nitrogens with one attached hydrogen (secondary N) is 1. The number of rotatable bonds is 4. The third kappa shape index (κ3) is 3.52. The maximum absolute atomic E-state index is 12.6. The molecular weight excluding hydrogens is 324 g/mol. The predicted octanol–water partition coefficient (Wildman–Crippen LogP) is 3.83. The van der Waals surface area contributed by atoms with Gasteiger partial charge in [-0.2, -0.15) is 5.10 Å². The number of carbonyl (C=O) groups excluding carboxylic acids is 1. The molecule has 0 unspecified atom stereocenters. The SMILES string of the molecule is CC(=NNC(=O)c1cc(C)n(-c2ccccc2)c1C)c1ccc(N)cc1. The van der Waals surface area contributed by atoms with Crippen LogP contribution < -0.4 is 11.2 Å². The molecule has 0 spiro atoms. The fourth-order valence-corrected chi connectivity index (χ4v) is 2.95. The van der Waals surface area contributed by atoms with Gasteiger partial charge in [-0.25, -0.2) is 5.43 Å². The van der Waals surface area contributed by atoms with Crippen molar-refractivity contribution < 1.29 is 4.79 Å². The molecule has 0 radical (unpaired) electrons. The lowest BCUT2D eigenvalue weighted by Crippen LogP contribution is -2.20. The highest BCUT2D eigenvalue weighted by molar-refractivity contribution is 6.01. The number of amides is 1. The predicted molar refractivity (Wildman–Crippen MR) is 106 cm³/mol. The molecule has 3 N–H and O–H groups in total. The van der Waals surface area contributed by atoms with Crippen molar-refractivity contribution in [2.75, 3.05) is 5.73 Å². The molecule has 0 saturated carbocycles. The van der Waals surface area contributed by atoms with Gasteiger partial charge < -0.3 is 10.3 Å². The summed E-state index contributed by atoms with van der Waals surface area (Å²) in [5.41, 5.74) is 14.2. The van der Waals surface area contributed by atoms with Crippen molar-refractivity contribution in [3.05, 3.63) is 83.2 Å². The zero-order valence-electron chi connectivity index (χ0n) is 15.2. The van der Waals surface area contributed by atoms with E-state index in [9.17, 15) is 4.79 Å². The average Bonchev–Trinajstić information content (AvgIpc) is 2.95. The Kier molecular flexibility index (Phi) is 4.89. The molecule has 26 heavy (non-hydrogen) atoms. The summed E-state index contributed by atoms with van der Waals surface area (Å²) >= 11 is 0. The van der Waals surface area contributed by atoms with Gasteiger partial charge in [0, 0.05) is 22.8 Å². The van der Waals surface area contributed by atoms with E-state index in [2.05, 4.69) is 15.1 Å². The number of hydrogen-bond acceptors (Lipinski definition) is 3. The Balaban J connectivity index is 1.83. The molecule has 0 saturated heterocycles. The minimum Gasteiger partial charge on any atom is -0.399 e. The molecular formula is C21H22N4O. The van der Waals surface area contributed by atoms with Crippen molar-refractivity contribution in [3.8, 4) is 5.69 Å². The number of carbonyl (C=O) groups is 1. The Bertz CT molecular complexity index is 954. The van der Waals surface area contributed by atoms with Crippen LogP contribution in [0.15, 0.2) is 65.8 Å². The second kappa shape index (κ2) is 7.27. The number of anilines is 1. The Morgan fingerprint density at radius 3 is 2.35 bits per heavy atom. The fraction of sp³-hybridized carbons (Fsp3) is 0.143. The molecule has 3 rings (SSSR count). The van der Waals surface area contributed by atoms with Crippen molar-refractivity contribution in [2.45, 2.75) is 20.8 Å². The number of nitrogen functional groups attached to an aromatic ring is 1. The molecule has 1 heterocycles. The van der Waals surface area contributed by atoms with E-state index >= 15 is 0 Å². The minimum atomic E-state index is -0.227. The highest BCUT2D eigenvalue weighted by Crippen LogP contribution is 2.20. The molecule has 5 nitrogen and oxygen atoms in total. The summed E-state index contributed by atoms with van der Waals surface area (Å²) in [7, 11) is 0. The maximum Gasteiger partial charge on any atom is 0.273 e. The Hall–Kier alpha value is -3.34. The number of nitrogens with zero attached hydrogens (tertiary/aromatic N) is 2. The Morgan fingerprint density at radius 2 is 1.69 bits per heavy atom. The summed E-state index contributed by atoms with van der Waals surface area (Å²) in [4.78, 5) is 12.6. The topological polar surface area (TPSA) is 72.4 Å². The number of aryl methyl sites for hydroxylation is 1. The first-order valence-electron chi connectivity index (χ1n) is 8.42. The van der Waals surface area contributed by atoms with Crippen LogP contribution in [0.2, 0.25) is 0 Å². The zero-order chi connectivity index (χ0) is 18.7. The summed E-state index contributed by atoms with van der Waals surface area (Å²) < 4.78 is 2.06. The van der Waals surface area contributed by atoms with Gasteiger partial charge in [0.15, 0.2) is 0 Å². The largest absolute Gasteiger partial charge is 0.399 e. The van der Waals surface area contributed by atoms with Gasteiger partial charge in [0.1, 0.15) is 0 Å². The molecule has 0 bridgehead atoms. The van der Waals surface area contributed by atoms with Crippen LogP contribution in [-0.2, 0) is 0 Å². The summed E-state index contributed by atoms with van der Waals surface area (Å²) in [5, 5.41) is 4.22. The van der Waals surface area contributed by atoms with Gasteiger partial charge in [0.05, 0.1) is 11.3 Å². The van der Waals surface area contributed by atoms with Gasteiger partial charge >= 0.3 is 0 Å². The van der Waals surface area contributed by atoms with Gasteiger partial charge in [-0.1, -0.05) is 30.3 Å². The van der Waals surface area contributed by atoms with Gasteiger partial charge in [-0.3, -0.25) is 4.79 Å². The van der Waals surface area contributed by atoms with Crippen LogP contribution >= 0.6 is 0 Å². The zero-order valence-corrected chi connectivity index (χ0v) is 15.2. The normalized spacial score (nSPS) is 11.4. The van der Waals surface area contributed by atoms with Crippen LogP contribution in [0.25, 0.3) is 5.69 Å². The van der Waals surface area contributed by atoms with Crippen molar-refractivity contribution in [3.63, 3.8) is 0 Å². The van der Waals surface area contributed by atoms with Crippen LogP contribution in [0.1, 0.15) is 34.2 Å². The smallest absolute Gasteiger partial charge is 0.273 e. The van der Waals surface area contributed by atoms with Crippen LogP contribution in [-0.4, -0.2) is 16.2 Å². The third-order valence-electron chi connectivity index (χ3n) is 4.34. The first kappa shape index (κ1) is 17.5. The molecule has 5 heteroatoms. The number of para-hydroxylation sites is 1. The number of hydrogen-bond donors (Lipinski definition) is 2. The van der Waals surface area contributed by atoms with Crippen molar-refractivity contribution in [1.82, 2.24) is 9.99 Å². The van der Waals surface area contributed by atoms with Gasteiger partial charge in [-0.15, -0.1) is 0 Å². The Labute approximate surface area is 153 Å². The van der Waals surface area contributed by atoms with Crippen molar-refractivity contribution >= 4 is 17.3 Å². The van der Waals surface area contributed by atoms with E-state index in [0.29, 0.717) is 11.3 Å². The summed E-state index contributed by atoms with van der Waals surface area (Å²) in [6.45, 7) is 5.77. The molecule has 0 aliphatic heterocycles. The maximum atomic E-state index is 12.6. The standard InChI is InChI=1S/C21H22N4O/c1-14-13-20(16(3)25(14)19-7-5-4-6-8-19)21(26)24-23-15(2)17-9-11-18(22)12-10-17/h4-13H,22H2,1-3H3,(H,24,26). The Morgan fingerprint density at radius 1 is 1.04 bits per heavy atom. The minimum absolute atomic E-state index is 0.227. The first-order chi connectivity index (χ1) is 12.5. The van der Waals surface area contributed by atoms with E-state index in [4.69, 9.17) is 5.73 Å². The summed E-state index contributed by atoms with van der Waals surface area (Å²) in [6, 6.07) is 19.2. The lowest BCUT2D eigenvalue weighted by atomic mass is 10.1. The van der Waals surface area contributed by atoms with E-state index < -0.39 is 0 Å². The average molecular weight is 346 g/mol. The third-order valence-corrected chi connectivity index (χ3v) is 4.34. The van der Waals surface area contributed by atoms with E-state index in [1.165, 1.54) is 0 Å². The highest BCUT2D eigenvalue weighted by Gasteiger charge is 2.16. The first-order valence-corrected chi connectivity index (χ1v) is 8.42. The lowest BCUT2D eigenvalue weighted by Gasteiger charge is -2.09.